The highest BCUT2D eigenvalue weighted by atomic mass is 16.5. The maximum Gasteiger partial charge on any atom is 0.237 e. The third kappa shape index (κ3) is 4.41. The summed E-state index contributed by atoms with van der Waals surface area (Å²) in [5, 5.41) is 20.9. The Balaban J connectivity index is 2.09. The second-order valence-electron chi connectivity index (χ2n) is 4.12. The molecule has 23 heavy (non-hydrogen) atoms. The lowest BCUT2D eigenvalue weighted by molar-refractivity contribution is 0.276. The Morgan fingerprint density at radius 3 is 2.61 bits per heavy atom. The minimum absolute atomic E-state index is 0.204. The van der Waals surface area contributed by atoms with E-state index in [4.69, 9.17) is 20.0 Å². The number of hydrazone groups is 1. The van der Waals surface area contributed by atoms with Gasteiger partial charge in [-0.1, -0.05) is 0 Å². The molecule has 8 heteroatoms. The smallest absolute Gasteiger partial charge is 0.237 e. The van der Waals surface area contributed by atoms with Crippen LogP contribution in [0.1, 0.15) is 5.82 Å². The zero-order valence-corrected chi connectivity index (χ0v) is 12.2. The van der Waals surface area contributed by atoms with Crippen LogP contribution < -0.4 is 14.9 Å². The van der Waals surface area contributed by atoms with Crippen LogP contribution in [0, 0.1) is 22.7 Å². The van der Waals surface area contributed by atoms with Crippen molar-refractivity contribution in [2.45, 2.75) is 6.61 Å². The van der Waals surface area contributed by atoms with Crippen LogP contribution in [-0.4, -0.2) is 22.8 Å². The van der Waals surface area contributed by atoms with E-state index in [1.54, 1.807) is 48.8 Å². The minimum Gasteiger partial charge on any atom is -0.493 e. The quantitative estimate of drug-likeness (QED) is 0.639. The molecule has 0 aliphatic rings. The molecule has 0 bridgehead atoms. The van der Waals surface area contributed by atoms with Gasteiger partial charge in [0.25, 0.3) is 0 Å². The Morgan fingerprint density at radius 1 is 1.22 bits per heavy atom. The number of nitrogens with one attached hydrogen (secondary N) is 1. The van der Waals surface area contributed by atoms with Crippen molar-refractivity contribution in [3.05, 3.63) is 42.5 Å². The Bertz CT molecular complexity index is 761. The zero-order valence-electron chi connectivity index (χ0n) is 12.2. The molecule has 2 aromatic rings. The summed E-state index contributed by atoms with van der Waals surface area (Å²) in [6.07, 6.45) is 3.27. The first-order chi connectivity index (χ1) is 11.3. The molecule has 8 nitrogen and oxygen atoms in total. The number of rotatable bonds is 6. The number of nitrogens with zero attached hydrogens (tertiary/aromatic N) is 5. The van der Waals surface area contributed by atoms with Crippen molar-refractivity contribution >= 4 is 11.4 Å². The molecule has 0 amide bonds. The number of methoxy groups -OCH3 is 1. The Labute approximate surface area is 132 Å². The van der Waals surface area contributed by atoms with E-state index in [1.165, 1.54) is 7.11 Å². The van der Waals surface area contributed by atoms with Crippen LogP contribution in [0.25, 0.3) is 0 Å². The lowest BCUT2D eigenvalue weighted by Gasteiger charge is -2.11. The van der Waals surface area contributed by atoms with Gasteiger partial charge in [-0.25, -0.2) is 9.97 Å². The van der Waals surface area contributed by atoms with Gasteiger partial charge in [-0.05, 0) is 18.2 Å². The number of nitriles is 2. The Hall–Kier alpha value is -3.65. The topological polar surface area (TPSA) is 116 Å². The van der Waals surface area contributed by atoms with E-state index >= 15 is 0 Å². The third-order valence-corrected chi connectivity index (χ3v) is 2.65. The summed E-state index contributed by atoms with van der Waals surface area (Å²) in [7, 11) is 1.50. The SMILES string of the molecule is COc1cc(NN=C(C#N)C#N)ccc1OCc1ncccn1. The van der Waals surface area contributed by atoms with E-state index in [0.717, 1.165) is 0 Å². The summed E-state index contributed by atoms with van der Waals surface area (Å²) >= 11 is 0. The second kappa shape index (κ2) is 7.96. The van der Waals surface area contributed by atoms with Gasteiger partial charge in [-0.2, -0.15) is 15.6 Å². The summed E-state index contributed by atoms with van der Waals surface area (Å²) in [6, 6.07) is 10.0. The van der Waals surface area contributed by atoms with Gasteiger partial charge in [0.1, 0.15) is 18.7 Å². The summed E-state index contributed by atoms with van der Waals surface area (Å²) in [5.41, 5.74) is 2.88. The van der Waals surface area contributed by atoms with Crippen molar-refractivity contribution in [3.8, 4) is 23.6 Å². The van der Waals surface area contributed by atoms with Crippen LogP contribution in [-0.2, 0) is 6.61 Å². The lowest BCUT2D eigenvalue weighted by atomic mass is 10.3. The molecule has 114 valence electrons. The molecular weight excluding hydrogens is 296 g/mol. The van der Waals surface area contributed by atoms with E-state index in [2.05, 4.69) is 20.5 Å². The van der Waals surface area contributed by atoms with Crippen molar-refractivity contribution in [2.24, 2.45) is 5.10 Å². The van der Waals surface area contributed by atoms with E-state index in [9.17, 15) is 0 Å². The van der Waals surface area contributed by atoms with Crippen molar-refractivity contribution in [2.75, 3.05) is 12.5 Å². The monoisotopic (exact) mass is 308 g/mol. The van der Waals surface area contributed by atoms with E-state index < -0.39 is 0 Å². The van der Waals surface area contributed by atoms with Crippen LogP contribution in [0.15, 0.2) is 41.8 Å². The molecule has 1 aromatic heterocycles. The maximum atomic E-state index is 8.63. The minimum atomic E-state index is -0.273. The highest BCUT2D eigenvalue weighted by Crippen LogP contribution is 2.30. The molecule has 2 rings (SSSR count). The first kappa shape index (κ1) is 15.7. The maximum absolute atomic E-state index is 8.63. The van der Waals surface area contributed by atoms with Gasteiger partial charge in [-0.3, -0.25) is 5.43 Å². The predicted octanol–water partition coefficient (Wildman–Crippen LogP) is 1.88. The molecule has 0 fully saturated rings. The Morgan fingerprint density at radius 2 is 1.96 bits per heavy atom. The van der Waals surface area contributed by atoms with Crippen molar-refractivity contribution in [1.82, 2.24) is 9.97 Å². The molecule has 0 unspecified atom stereocenters. The summed E-state index contributed by atoms with van der Waals surface area (Å²) in [5.74, 6) is 1.53. The highest BCUT2D eigenvalue weighted by molar-refractivity contribution is 6.10. The van der Waals surface area contributed by atoms with Crippen LogP contribution in [0.4, 0.5) is 5.69 Å². The van der Waals surface area contributed by atoms with Crippen molar-refractivity contribution in [3.63, 3.8) is 0 Å². The standard InChI is InChI=1S/C15H12N6O2/c1-22-14-7-11(20-21-12(8-16)9-17)3-4-13(14)23-10-15-18-5-2-6-19-15/h2-7,20H,10H2,1H3. The largest absolute Gasteiger partial charge is 0.493 e. The van der Waals surface area contributed by atoms with Crippen LogP contribution in [0.2, 0.25) is 0 Å². The van der Waals surface area contributed by atoms with Gasteiger partial charge >= 0.3 is 0 Å². The van der Waals surface area contributed by atoms with Gasteiger partial charge in [0, 0.05) is 18.5 Å². The second-order valence-corrected chi connectivity index (χ2v) is 4.12. The number of benzene rings is 1. The fraction of sp³-hybridized carbons (Fsp3) is 0.133. The molecule has 0 aliphatic heterocycles. The molecule has 0 atom stereocenters. The first-order valence-electron chi connectivity index (χ1n) is 6.47. The number of hydrogen-bond acceptors (Lipinski definition) is 8. The number of ether oxygens (including phenoxy) is 2. The molecule has 0 saturated heterocycles. The summed E-state index contributed by atoms with van der Waals surface area (Å²) in [6.45, 7) is 0.204. The van der Waals surface area contributed by atoms with Crippen molar-refractivity contribution < 1.29 is 9.47 Å². The molecule has 0 spiro atoms. The van der Waals surface area contributed by atoms with Crippen molar-refractivity contribution in [1.29, 1.82) is 10.5 Å². The predicted molar refractivity (Wildman–Crippen MR) is 81.6 cm³/mol. The van der Waals surface area contributed by atoms with Gasteiger partial charge in [0.2, 0.25) is 5.71 Å². The van der Waals surface area contributed by atoms with Crippen LogP contribution in [0.3, 0.4) is 0 Å². The molecular formula is C15H12N6O2. The highest BCUT2D eigenvalue weighted by Gasteiger charge is 2.07. The van der Waals surface area contributed by atoms with E-state index in [0.29, 0.717) is 23.0 Å². The van der Waals surface area contributed by atoms with Crippen LogP contribution >= 0.6 is 0 Å². The zero-order chi connectivity index (χ0) is 16.5. The van der Waals surface area contributed by atoms with Gasteiger partial charge < -0.3 is 9.47 Å². The third-order valence-electron chi connectivity index (χ3n) is 2.65. The summed E-state index contributed by atoms with van der Waals surface area (Å²) < 4.78 is 10.9. The fourth-order valence-electron chi connectivity index (χ4n) is 1.60. The van der Waals surface area contributed by atoms with Gasteiger partial charge in [0.05, 0.1) is 12.8 Å². The van der Waals surface area contributed by atoms with E-state index in [-0.39, 0.29) is 12.3 Å². The molecule has 0 radical (unpaired) electrons. The molecule has 1 aromatic carbocycles. The first-order valence-corrected chi connectivity index (χ1v) is 6.47. The average molecular weight is 308 g/mol. The van der Waals surface area contributed by atoms with E-state index in [1.807, 2.05) is 0 Å². The number of hydrogen-bond donors (Lipinski definition) is 1. The number of anilines is 1. The molecule has 1 heterocycles. The average Bonchev–Trinajstić information content (AvgIpc) is 2.62. The van der Waals surface area contributed by atoms with Gasteiger partial charge in [0.15, 0.2) is 17.3 Å². The van der Waals surface area contributed by atoms with Crippen LogP contribution in [0.5, 0.6) is 11.5 Å². The Kier molecular flexibility index (Phi) is 5.44. The molecule has 0 aliphatic carbocycles. The summed E-state index contributed by atoms with van der Waals surface area (Å²) in [4.78, 5) is 8.13. The van der Waals surface area contributed by atoms with Gasteiger partial charge in [-0.15, -0.1) is 0 Å². The molecule has 0 saturated carbocycles. The normalized spacial score (nSPS) is 9.17. The molecule has 1 N–H and O–H groups in total. The number of aromatic nitrogens is 2. The fourth-order valence-corrected chi connectivity index (χ4v) is 1.60. The lowest BCUT2D eigenvalue weighted by Crippen LogP contribution is -2.02.